The molecule has 1 aromatic carbocycles. The molecule has 1 aromatic heterocycles. The fraction of sp³-hybridized carbons (Fsp3) is 0.182. The summed E-state index contributed by atoms with van der Waals surface area (Å²) in [5, 5.41) is 6.38. The maximum absolute atomic E-state index is 12.5. The molecule has 4 N–H and O–H groups in total. The van der Waals surface area contributed by atoms with Gasteiger partial charge < -0.3 is 5.73 Å². The SMILES string of the molecule is Cc1[nH]nc(S(=O)(=O)Nc2c(Br)cc(Br)cc2Br)c1CN. The minimum Gasteiger partial charge on any atom is -0.326 e. The number of nitrogens with one attached hydrogen (secondary N) is 2. The van der Waals surface area contributed by atoms with Crippen LogP contribution in [0.3, 0.4) is 0 Å². The van der Waals surface area contributed by atoms with Crippen molar-refractivity contribution in [3.63, 3.8) is 0 Å². The average Bonchev–Trinajstić information content (AvgIpc) is 2.75. The summed E-state index contributed by atoms with van der Waals surface area (Å²) >= 11 is 9.97. The molecule has 0 atom stereocenters. The molecule has 2 rings (SSSR count). The number of sulfonamides is 1. The molecule has 0 fully saturated rings. The number of hydrogen-bond acceptors (Lipinski definition) is 4. The normalized spacial score (nSPS) is 11.7. The molecule has 0 radical (unpaired) electrons. The Morgan fingerprint density at radius 2 is 1.86 bits per heavy atom. The summed E-state index contributed by atoms with van der Waals surface area (Å²) in [4.78, 5) is 0. The minimum absolute atomic E-state index is 0.0846. The van der Waals surface area contributed by atoms with Crippen molar-refractivity contribution in [1.82, 2.24) is 10.2 Å². The van der Waals surface area contributed by atoms with Crippen molar-refractivity contribution in [3.8, 4) is 0 Å². The third-order valence-electron chi connectivity index (χ3n) is 2.74. The van der Waals surface area contributed by atoms with Gasteiger partial charge in [-0.05, 0) is 50.9 Å². The molecule has 0 saturated heterocycles. The predicted molar refractivity (Wildman–Crippen MR) is 91.6 cm³/mol. The zero-order chi connectivity index (χ0) is 15.8. The van der Waals surface area contributed by atoms with Gasteiger partial charge in [0.1, 0.15) is 0 Å². The molecule has 0 amide bonds. The first-order valence-electron chi connectivity index (χ1n) is 5.67. The Morgan fingerprint density at radius 1 is 1.29 bits per heavy atom. The molecule has 21 heavy (non-hydrogen) atoms. The van der Waals surface area contributed by atoms with E-state index in [1.165, 1.54) is 0 Å². The van der Waals surface area contributed by atoms with Crippen LogP contribution in [0.1, 0.15) is 11.3 Å². The number of halogens is 3. The van der Waals surface area contributed by atoms with Crippen LogP contribution in [0.25, 0.3) is 0 Å². The van der Waals surface area contributed by atoms with Crippen molar-refractivity contribution >= 4 is 63.5 Å². The van der Waals surface area contributed by atoms with Crippen molar-refractivity contribution in [2.75, 3.05) is 4.72 Å². The van der Waals surface area contributed by atoms with Gasteiger partial charge in [-0.25, -0.2) is 0 Å². The number of H-pyrrole nitrogens is 1. The fourth-order valence-corrected chi connectivity index (χ4v) is 5.75. The minimum atomic E-state index is -3.84. The molecular formula is C11H11Br3N4O2S. The summed E-state index contributed by atoms with van der Waals surface area (Å²) in [5.74, 6) is 0. The first-order chi connectivity index (χ1) is 9.76. The number of aryl methyl sites for hydroxylation is 1. The van der Waals surface area contributed by atoms with Gasteiger partial charge in [-0.1, -0.05) is 15.9 Å². The number of rotatable bonds is 4. The number of nitrogens with zero attached hydrogens (tertiary/aromatic N) is 1. The van der Waals surface area contributed by atoms with Gasteiger partial charge in [-0.3, -0.25) is 9.82 Å². The van der Waals surface area contributed by atoms with Crippen molar-refractivity contribution in [3.05, 3.63) is 36.8 Å². The third kappa shape index (κ3) is 3.50. The molecule has 0 spiro atoms. The lowest BCUT2D eigenvalue weighted by Gasteiger charge is -2.11. The number of nitrogens with two attached hydrogens (primary N) is 1. The van der Waals surface area contributed by atoms with E-state index in [1.807, 2.05) is 0 Å². The number of hydrogen-bond donors (Lipinski definition) is 3. The molecule has 0 saturated carbocycles. The summed E-state index contributed by atoms with van der Waals surface area (Å²) in [6.07, 6.45) is 0. The van der Waals surface area contributed by atoms with Crippen molar-refractivity contribution in [2.45, 2.75) is 18.5 Å². The molecular weight excluding hydrogens is 492 g/mol. The van der Waals surface area contributed by atoms with Gasteiger partial charge in [0.2, 0.25) is 5.03 Å². The molecule has 10 heteroatoms. The molecule has 1 heterocycles. The van der Waals surface area contributed by atoms with E-state index in [2.05, 4.69) is 62.7 Å². The lowest BCUT2D eigenvalue weighted by atomic mass is 10.3. The van der Waals surface area contributed by atoms with Crippen LogP contribution in [0, 0.1) is 6.92 Å². The van der Waals surface area contributed by atoms with Gasteiger partial charge in [0, 0.05) is 31.2 Å². The highest BCUT2D eigenvalue weighted by molar-refractivity contribution is 9.11. The highest BCUT2D eigenvalue weighted by atomic mass is 79.9. The Labute approximate surface area is 147 Å². The summed E-state index contributed by atoms with van der Waals surface area (Å²) in [7, 11) is -3.84. The second-order valence-electron chi connectivity index (χ2n) is 4.19. The fourth-order valence-electron chi connectivity index (χ4n) is 1.72. The smallest absolute Gasteiger partial charge is 0.281 e. The Balaban J connectivity index is 2.47. The van der Waals surface area contributed by atoms with E-state index in [0.29, 0.717) is 25.9 Å². The van der Waals surface area contributed by atoms with E-state index in [-0.39, 0.29) is 11.6 Å². The lowest BCUT2D eigenvalue weighted by molar-refractivity contribution is 0.595. The van der Waals surface area contributed by atoms with Gasteiger partial charge in [0.15, 0.2) is 0 Å². The first kappa shape index (κ1) is 16.9. The van der Waals surface area contributed by atoms with Crippen LogP contribution in [0.2, 0.25) is 0 Å². The van der Waals surface area contributed by atoms with Gasteiger partial charge in [-0.2, -0.15) is 13.5 Å². The summed E-state index contributed by atoms with van der Waals surface area (Å²) < 4.78 is 29.5. The molecule has 0 aliphatic heterocycles. The third-order valence-corrected chi connectivity index (χ3v) is 5.77. The van der Waals surface area contributed by atoms with Crippen LogP contribution >= 0.6 is 47.8 Å². The van der Waals surface area contributed by atoms with E-state index in [4.69, 9.17) is 5.73 Å². The van der Waals surface area contributed by atoms with Gasteiger partial charge >= 0.3 is 0 Å². The van der Waals surface area contributed by atoms with E-state index in [1.54, 1.807) is 19.1 Å². The molecule has 6 nitrogen and oxygen atoms in total. The maximum Gasteiger partial charge on any atom is 0.281 e. The highest BCUT2D eigenvalue weighted by Crippen LogP contribution is 2.35. The average molecular weight is 503 g/mol. The Kier molecular flexibility index (Phi) is 5.14. The number of aromatic amines is 1. The predicted octanol–water partition coefficient (Wildman–Crippen LogP) is 3.27. The molecule has 0 aliphatic carbocycles. The number of aromatic nitrogens is 2. The van der Waals surface area contributed by atoms with Crippen LogP contribution in [0.15, 0.2) is 30.6 Å². The van der Waals surface area contributed by atoms with E-state index >= 15 is 0 Å². The van der Waals surface area contributed by atoms with Gasteiger partial charge in [-0.15, -0.1) is 0 Å². The zero-order valence-corrected chi connectivity index (χ0v) is 16.3. The van der Waals surface area contributed by atoms with Crippen LogP contribution in [-0.2, 0) is 16.6 Å². The van der Waals surface area contributed by atoms with Crippen LogP contribution < -0.4 is 10.5 Å². The van der Waals surface area contributed by atoms with Gasteiger partial charge in [0.05, 0.1) is 5.69 Å². The van der Waals surface area contributed by atoms with E-state index in [9.17, 15) is 8.42 Å². The lowest BCUT2D eigenvalue weighted by Crippen LogP contribution is -2.17. The summed E-state index contributed by atoms with van der Waals surface area (Å²) in [6, 6.07) is 3.48. The van der Waals surface area contributed by atoms with Gasteiger partial charge in [0.25, 0.3) is 10.0 Å². The summed E-state index contributed by atoms with van der Waals surface area (Å²) in [5.41, 5.74) is 7.08. The summed E-state index contributed by atoms with van der Waals surface area (Å²) in [6.45, 7) is 1.81. The molecule has 114 valence electrons. The zero-order valence-electron chi connectivity index (χ0n) is 10.7. The van der Waals surface area contributed by atoms with Crippen LogP contribution in [0.5, 0.6) is 0 Å². The quantitative estimate of drug-likeness (QED) is 0.597. The van der Waals surface area contributed by atoms with Crippen molar-refractivity contribution in [2.24, 2.45) is 5.73 Å². The molecule has 2 aromatic rings. The highest BCUT2D eigenvalue weighted by Gasteiger charge is 2.25. The van der Waals surface area contributed by atoms with Crippen molar-refractivity contribution in [1.29, 1.82) is 0 Å². The molecule has 0 unspecified atom stereocenters. The Morgan fingerprint density at radius 3 is 2.38 bits per heavy atom. The van der Waals surface area contributed by atoms with E-state index in [0.717, 1.165) is 4.47 Å². The largest absolute Gasteiger partial charge is 0.326 e. The number of anilines is 1. The van der Waals surface area contributed by atoms with Crippen LogP contribution in [-0.4, -0.2) is 18.6 Å². The second-order valence-corrected chi connectivity index (χ2v) is 8.41. The Hall–Kier alpha value is -0.420. The first-order valence-corrected chi connectivity index (χ1v) is 9.53. The van der Waals surface area contributed by atoms with Crippen LogP contribution in [0.4, 0.5) is 5.69 Å². The standard InChI is InChI=1S/C11H11Br3N4O2S/c1-5-7(4-15)11(17-16-5)21(19,20)18-10-8(13)2-6(12)3-9(10)14/h2-3,18H,4,15H2,1H3,(H,16,17). The van der Waals surface area contributed by atoms with E-state index < -0.39 is 10.0 Å². The second kappa shape index (κ2) is 6.37. The Bertz CT molecular complexity index is 766. The topological polar surface area (TPSA) is 101 Å². The maximum atomic E-state index is 12.5. The molecule has 0 bridgehead atoms. The van der Waals surface area contributed by atoms with Crippen molar-refractivity contribution < 1.29 is 8.42 Å². The number of benzene rings is 1. The molecule has 0 aliphatic rings. The monoisotopic (exact) mass is 500 g/mol.